The van der Waals surface area contributed by atoms with Gasteiger partial charge >= 0.3 is 0 Å². The summed E-state index contributed by atoms with van der Waals surface area (Å²) < 4.78 is 1.75. The molecule has 16 heavy (non-hydrogen) atoms. The summed E-state index contributed by atoms with van der Waals surface area (Å²) in [6, 6.07) is 5.95. The van der Waals surface area contributed by atoms with Gasteiger partial charge in [-0.15, -0.1) is 0 Å². The van der Waals surface area contributed by atoms with Crippen molar-refractivity contribution in [2.45, 2.75) is 25.4 Å². The van der Waals surface area contributed by atoms with Crippen molar-refractivity contribution in [3.63, 3.8) is 0 Å². The van der Waals surface area contributed by atoms with Gasteiger partial charge in [0.1, 0.15) is 0 Å². The predicted octanol–water partition coefficient (Wildman–Crippen LogP) is 1.33. The molecular weight excluding hydrogens is 220 g/mol. The van der Waals surface area contributed by atoms with E-state index in [0.717, 1.165) is 13.1 Å². The Labute approximate surface area is 100 Å². The van der Waals surface area contributed by atoms with E-state index in [1.807, 2.05) is 24.0 Å². The third-order valence-electron chi connectivity index (χ3n) is 2.91. The third kappa shape index (κ3) is 3.39. The smallest absolute Gasteiger partial charge is 0.250 e. The second-order valence-corrected chi connectivity index (χ2v) is 5.30. The van der Waals surface area contributed by atoms with Gasteiger partial charge in [0.25, 0.3) is 5.56 Å². The van der Waals surface area contributed by atoms with Gasteiger partial charge in [-0.3, -0.25) is 4.79 Å². The predicted molar refractivity (Wildman–Crippen MR) is 69.1 cm³/mol. The van der Waals surface area contributed by atoms with Crippen LogP contribution in [0.25, 0.3) is 0 Å². The number of rotatable bonds is 4. The van der Waals surface area contributed by atoms with Crippen molar-refractivity contribution in [1.82, 2.24) is 9.88 Å². The molecule has 1 aromatic rings. The summed E-state index contributed by atoms with van der Waals surface area (Å²) in [5, 5.41) is 3.52. The molecule has 4 heteroatoms. The Bertz CT molecular complexity index is 371. The maximum atomic E-state index is 11.4. The molecule has 1 aliphatic rings. The fourth-order valence-electron chi connectivity index (χ4n) is 1.94. The number of hydrogen-bond acceptors (Lipinski definition) is 3. The minimum absolute atomic E-state index is 0.0866. The molecule has 0 atom stereocenters. The molecule has 0 bridgehead atoms. The van der Waals surface area contributed by atoms with Crippen molar-refractivity contribution in [3.05, 3.63) is 34.7 Å². The second-order valence-electron chi connectivity index (χ2n) is 4.07. The van der Waals surface area contributed by atoms with E-state index >= 15 is 0 Å². The van der Waals surface area contributed by atoms with E-state index in [9.17, 15) is 4.79 Å². The van der Waals surface area contributed by atoms with Crippen LogP contribution in [0.1, 0.15) is 12.8 Å². The van der Waals surface area contributed by atoms with E-state index in [1.165, 1.54) is 24.3 Å². The van der Waals surface area contributed by atoms with E-state index < -0.39 is 0 Å². The van der Waals surface area contributed by atoms with Gasteiger partial charge in [0, 0.05) is 31.4 Å². The maximum Gasteiger partial charge on any atom is 0.250 e. The van der Waals surface area contributed by atoms with Gasteiger partial charge in [-0.05, 0) is 30.4 Å². The fourth-order valence-corrected chi connectivity index (χ4v) is 3.04. The fraction of sp³-hybridized carbons (Fsp3) is 0.583. The van der Waals surface area contributed by atoms with Crippen LogP contribution in [0.15, 0.2) is 29.2 Å². The first-order chi connectivity index (χ1) is 7.86. The molecule has 0 saturated carbocycles. The zero-order chi connectivity index (χ0) is 11.2. The molecule has 88 valence electrons. The van der Waals surface area contributed by atoms with Crippen LogP contribution in [-0.4, -0.2) is 28.7 Å². The minimum atomic E-state index is 0.0866. The van der Waals surface area contributed by atoms with E-state index in [-0.39, 0.29) is 5.56 Å². The Kier molecular flexibility index (Phi) is 4.48. The Morgan fingerprint density at radius 3 is 2.94 bits per heavy atom. The van der Waals surface area contributed by atoms with Crippen molar-refractivity contribution < 1.29 is 0 Å². The zero-order valence-electron chi connectivity index (χ0n) is 9.39. The van der Waals surface area contributed by atoms with Crippen LogP contribution in [0.3, 0.4) is 0 Å². The summed E-state index contributed by atoms with van der Waals surface area (Å²) in [5.74, 6) is 2.53. The highest BCUT2D eigenvalue weighted by molar-refractivity contribution is 7.99. The lowest BCUT2D eigenvalue weighted by Gasteiger charge is -2.22. The summed E-state index contributed by atoms with van der Waals surface area (Å²) in [6.07, 6.45) is 4.36. The Morgan fingerprint density at radius 1 is 1.38 bits per heavy atom. The molecule has 3 nitrogen and oxygen atoms in total. The van der Waals surface area contributed by atoms with Gasteiger partial charge < -0.3 is 9.88 Å². The molecule has 2 heterocycles. The number of thioether (sulfide) groups is 1. The second kappa shape index (κ2) is 6.11. The molecule has 0 aromatic carbocycles. The molecule has 0 amide bonds. The summed E-state index contributed by atoms with van der Waals surface area (Å²) in [7, 11) is 0. The monoisotopic (exact) mass is 238 g/mol. The van der Waals surface area contributed by atoms with E-state index in [2.05, 4.69) is 5.32 Å². The molecule has 1 saturated heterocycles. The molecule has 2 rings (SSSR count). The van der Waals surface area contributed by atoms with E-state index in [4.69, 9.17) is 0 Å². The van der Waals surface area contributed by atoms with Crippen LogP contribution in [0.4, 0.5) is 0 Å². The molecular formula is C12H18N2OS. The Balaban J connectivity index is 1.75. The molecule has 1 fully saturated rings. The Hall–Kier alpha value is -0.740. The summed E-state index contributed by atoms with van der Waals surface area (Å²) in [4.78, 5) is 11.4. The lowest BCUT2D eigenvalue weighted by atomic mass is 10.1. The van der Waals surface area contributed by atoms with Gasteiger partial charge in [-0.25, -0.2) is 0 Å². The largest absolute Gasteiger partial charge is 0.314 e. The van der Waals surface area contributed by atoms with E-state index in [1.54, 1.807) is 16.7 Å². The maximum absolute atomic E-state index is 11.4. The number of pyridine rings is 1. The topological polar surface area (TPSA) is 34.0 Å². The highest BCUT2D eigenvalue weighted by atomic mass is 32.2. The summed E-state index contributed by atoms with van der Waals surface area (Å²) in [6.45, 7) is 1.66. The summed E-state index contributed by atoms with van der Waals surface area (Å²) >= 11 is 2.04. The van der Waals surface area contributed by atoms with Gasteiger partial charge in [0.2, 0.25) is 0 Å². The molecule has 1 N–H and O–H groups in total. The van der Waals surface area contributed by atoms with Crippen molar-refractivity contribution in [1.29, 1.82) is 0 Å². The SMILES string of the molecule is O=c1ccccn1CCNC1CCSCC1. The molecule has 0 spiro atoms. The first kappa shape index (κ1) is 11.7. The highest BCUT2D eigenvalue weighted by Crippen LogP contribution is 2.16. The van der Waals surface area contributed by atoms with Gasteiger partial charge in [-0.1, -0.05) is 6.07 Å². The van der Waals surface area contributed by atoms with Crippen LogP contribution < -0.4 is 10.9 Å². The quantitative estimate of drug-likeness (QED) is 0.859. The van der Waals surface area contributed by atoms with Crippen molar-refractivity contribution in [2.24, 2.45) is 0 Å². The normalized spacial score (nSPS) is 17.5. The summed E-state index contributed by atoms with van der Waals surface area (Å²) in [5.41, 5.74) is 0.0866. The lowest BCUT2D eigenvalue weighted by Crippen LogP contribution is -2.36. The standard InChI is InChI=1S/C12H18N2OS/c15-12-3-1-2-7-14(12)8-6-13-11-4-9-16-10-5-11/h1-3,7,11,13H,4-6,8-10H2. The molecule has 0 aliphatic carbocycles. The van der Waals surface area contributed by atoms with Gasteiger partial charge in [-0.2, -0.15) is 11.8 Å². The van der Waals surface area contributed by atoms with Crippen molar-refractivity contribution >= 4 is 11.8 Å². The average Bonchev–Trinajstić information content (AvgIpc) is 2.33. The minimum Gasteiger partial charge on any atom is -0.314 e. The first-order valence-electron chi connectivity index (χ1n) is 5.83. The van der Waals surface area contributed by atoms with Crippen LogP contribution in [0, 0.1) is 0 Å². The van der Waals surface area contributed by atoms with E-state index in [0.29, 0.717) is 6.04 Å². The molecule has 1 aliphatic heterocycles. The molecule has 0 unspecified atom stereocenters. The number of aromatic nitrogens is 1. The highest BCUT2D eigenvalue weighted by Gasteiger charge is 2.12. The van der Waals surface area contributed by atoms with Gasteiger partial charge in [0.15, 0.2) is 0 Å². The van der Waals surface area contributed by atoms with Crippen molar-refractivity contribution in [3.8, 4) is 0 Å². The number of nitrogens with zero attached hydrogens (tertiary/aromatic N) is 1. The van der Waals surface area contributed by atoms with Gasteiger partial charge in [0.05, 0.1) is 0 Å². The van der Waals surface area contributed by atoms with Crippen LogP contribution in [0.2, 0.25) is 0 Å². The Morgan fingerprint density at radius 2 is 2.19 bits per heavy atom. The lowest BCUT2D eigenvalue weighted by molar-refractivity contribution is 0.461. The molecule has 1 aromatic heterocycles. The first-order valence-corrected chi connectivity index (χ1v) is 6.98. The third-order valence-corrected chi connectivity index (χ3v) is 3.95. The van der Waals surface area contributed by atoms with Crippen LogP contribution in [0.5, 0.6) is 0 Å². The van der Waals surface area contributed by atoms with Crippen molar-refractivity contribution in [2.75, 3.05) is 18.1 Å². The zero-order valence-corrected chi connectivity index (χ0v) is 10.2. The average molecular weight is 238 g/mol. The molecule has 0 radical (unpaired) electrons. The number of hydrogen-bond donors (Lipinski definition) is 1. The van der Waals surface area contributed by atoms with Crippen LogP contribution >= 0.6 is 11.8 Å². The number of nitrogens with one attached hydrogen (secondary N) is 1. The van der Waals surface area contributed by atoms with Crippen LogP contribution in [-0.2, 0) is 6.54 Å².